The molecule has 1 N–H and O–H groups in total. The number of nitrogens with one attached hydrogen (secondary N) is 1. The number of aryl methyl sites for hydroxylation is 1. The molecule has 0 saturated heterocycles. The van der Waals surface area contributed by atoms with Crippen LogP contribution < -0.4 is 19.7 Å². The van der Waals surface area contributed by atoms with E-state index in [1.807, 2.05) is 47.4 Å². The Morgan fingerprint density at radius 1 is 0.956 bits per heavy atom. The summed E-state index contributed by atoms with van der Waals surface area (Å²) in [6.07, 6.45) is 7.29. The van der Waals surface area contributed by atoms with Gasteiger partial charge in [-0.3, -0.25) is 14.3 Å². The summed E-state index contributed by atoms with van der Waals surface area (Å²) in [4.78, 5) is 27.4. The first-order chi connectivity index (χ1) is 21.8. The molecule has 9 nitrogen and oxygen atoms in total. The highest BCUT2D eigenvalue weighted by atomic mass is 16.5. The molecule has 0 spiro atoms. The third kappa shape index (κ3) is 8.10. The molecule has 0 aliphatic heterocycles. The number of anilines is 2. The van der Waals surface area contributed by atoms with Gasteiger partial charge in [-0.1, -0.05) is 36.8 Å². The van der Waals surface area contributed by atoms with Gasteiger partial charge in [-0.25, -0.2) is 0 Å². The Bertz CT molecular complexity index is 1610. The first-order valence-electron chi connectivity index (χ1n) is 15.6. The number of carbonyl (C=O) groups is 2. The third-order valence-corrected chi connectivity index (χ3v) is 8.48. The van der Waals surface area contributed by atoms with Gasteiger partial charge >= 0.3 is 0 Å². The molecule has 45 heavy (non-hydrogen) atoms. The first-order valence-corrected chi connectivity index (χ1v) is 15.6. The highest BCUT2D eigenvalue weighted by Crippen LogP contribution is 2.42. The van der Waals surface area contributed by atoms with Crippen molar-refractivity contribution in [3.8, 4) is 17.2 Å². The zero-order valence-corrected chi connectivity index (χ0v) is 25.9. The summed E-state index contributed by atoms with van der Waals surface area (Å²) in [5.41, 5.74) is 2.31. The Balaban J connectivity index is 1.17. The van der Waals surface area contributed by atoms with Gasteiger partial charge in [-0.15, -0.1) is 0 Å². The fourth-order valence-corrected chi connectivity index (χ4v) is 5.52. The predicted molar refractivity (Wildman–Crippen MR) is 173 cm³/mol. The van der Waals surface area contributed by atoms with E-state index in [4.69, 9.17) is 14.2 Å². The first kappa shape index (κ1) is 30.4. The maximum absolute atomic E-state index is 13.3. The molecular formula is C36H40N4O5. The van der Waals surface area contributed by atoms with Gasteiger partial charge in [0.25, 0.3) is 5.91 Å². The number of nitrogens with zero attached hydrogens (tertiary/aromatic N) is 3. The number of aromatic nitrogens is 2. The molecule has 0 unspecified atom stereocenters. The zero-order chi connectivity index (χ0) is 31.2. The minimum absolute atomic E-state index is 0.0266. The van der Waals surface area contributed by atoms with Crippen molar-refractivity contribution in [3.63, 3.8) is 0 Å². The van der Waals surface area contributed by atoms with E-state index >= 15 is 0 Å². The van der Waals surface area contributed by atoms with Crippen molar-refractivity contribution in [2.24, 2.45) is 18.4 Å². The minimum atomic E-state index is -0.318. The van der Waals surface area contributed by atoms with Crippen molar-refractivity contribution in [2.75, 3.05) is 30.0 Å². The van der Waals surface area contributed by atoms with Gasteiger partial charge in [-0.2, -0.15) is 5.10 Å². The Kier molecular flexibility index (Phi) is 9.16. The summed E-state index contributed by atoms with van der Waals surface area (Å²) in [5.74, 6) is 2.34. The van der Waals surface area contributed by atoms with Crippen molar-refractivity contribution < 1.29 is 23.8 Å². The third-order valence-electron chi connectivity index (χ3n) is 8.48. The number of carbonyl (C=O) groups excluding carboxylic acids is 2. The van der Waals surface area contributed by atoms with E-state index in [-0.39, 0.29) is 17.2 Å². The van der Waals surface area contributed by atoms with Crippen LogP contribution in [0.15, 0.2) is 85.1 Å². The van der Waals surface area contributed by atoms with Crippen LogP contribution in [0.4, 0.5) is 11.5 Å². The van der Waals surface area contributed by atoms with Crippen molar-refractivity contribution in [1.29, 1.82) is 0 Å². The van der Waals surface area contributed by atoms with Crippen LogP contribution in [0.5, 0.6) is 17.2 Å². The van der Waals surface area contributed by atoms with Crippen molar-refractivity contribution in [3.05, 3.63) is 96.2 Å². The molecular weight excluding hydrogens is 568 g/mol. The molecule has 3 aromatic carbocycles. The standard InChI is InChI=1S/C36H40N4O5/c1-26(41)40(22-27-9-10-27)30-11-13-31(14-12-30)45-33-20-29(35(42)37-34-15-18-39(2)38-34)19-32(21-33)44-25-36(16-6-17-36)24-43-23-28-7-4-3-5-8-28/h3-5,7-8,11-15,18-21,27H,6,9-10,16-17,22-25H2,1-2H3,(H,37,38,42). The van der Waals surface area contributed by atoms with Gasteiger partial charge < -0.3 is 24.4 Å². The molecule has 1 aromatic heterocycles. The molecule has 2 amide bonds. The van der Waals surface area contributed by atoms with E-state index in [2.05, 4.69) is 22.5 Å². The normalized spacial score (nSPS) is 15.2. The van der Waals surface area contributed by atoms with E-state index in [0.717, 1.165) is 37.1 Å². The second-order valence-corrected chi connectivity index (χ2v) is 12.3. The average molecular weight is 609 g/mol. The summed E-state index contributed by atoms with van der Waals surface area (Å²) >= 11 is 0. The van der Waals surface area contributed by atoms with Crippen molar-refractivity contribution in [1.82, 2.24) is 9.78 Å². The topological polar surface area (TPSA) is 94.9 Å². The van der Waals surface area contributed by atoms with Crippen LogP contribution >= 0.6 is 0 Å². The van der Waals surface area contributed by atoms with E-state index in [9.17, 15) is 9.59 Å². The molecule has 2 saturated carbocycles. The molecule has 2 fully saturated rings. The van der Waals surface area contributed by atoms with E-state index < -0.39 is 0 Å². The van der Waals surface area contributed by atoms with E-state index in [1.54, 1.807) is 49.1 Å². The monoisotopic (exact) mass is 608 g/mol. The lowest BCUT2D eigenvalue weighted by molar-refractivity contribution is -0.116. The molecule has 6 rings (SSSR count). The Hall–Kier alpha value is -4.63. The maximum atomic E-state index is 13.3. The number of amides is 2. The molecule has 2 aliphatic rings. The highest BCUT2D eigenvalue weighted by Gasteiger charge is 2.38. The van der Waals surface area contributed by atoms with Gasteiger partial charge in [0, 0.05) is 55.5 Å². The SMILES string of the molecule is CC(=O)N(CC1CC1)c1ccc(Oc2cc(OCC3(COCc4ccccc4)CCC3)cc(C(=O)Nc3ccn(C)n3)c2)cc1. The quantitative estimate of drug-likeness (QED) is 0.166. The van der Waals surface area contributed by atoms with Gasteiger partial charge in [0.1, 0.15) is 17.2 Å². The summed E-state index contributed by atoms with van der Waals surface area (Å²) in [6, 6.07) is 24.6. The molecule has 234 valence electrons. The van der Waals surface area contributed by atoms with Crippen molar-refractivity contribution >= 4 is 23.3 Å². The van der Waals surface area contributed by atoms with Crippen molar-refractivity contribution in [2.45, 2.75) is 45.6 Å². The Labute approximate surface area is 264 Å². The zero-order valence-electron chi connectivity index (χ0n) is 25.9. The van der Waals surface area contributed by atoms with E-state index in [0.29, 0.717) is 54.4 Å². The maximum Gasteiger partial charge on any atom is 0.257 e. The van der Waals surface area contributed by atoms with Crippen LogP contribution in [0, 0.1) is 11.3 Å². The summed E-state index contributed by atoms with van der Waals surface area (Å²) < 4.78 is 20.3. The van der Waals surface area contributed by atoms with Crippen LogP contribution in [-0.4, -0.2) is 41.4 Å². The molecule has 1 heterocycles. The molecule has 0 atom stereocenters. The molecule has 4 aromatic rings. The summed E-state index contributed by atoms with van der Waals surface area (Å²) in [5, 5.41) is 7.11. The van der Waals surface area contributed by atoms with Crippen LogP contribution in [0.2, 0.25) is 0 Å². The Morgan fingerprint density at radius 3 is 2.36 bits per heavy atom. The van der Waals surface area contributed by atoms with Crippen LogP contribution in [0.3, 0.4) is 0 Å². The lowest BCUT2D eigenvalue weighted by Gasteiger charge is -2.41. The van der Waals surface area contributed by atoms with Crippen LogP contribution in [0.25, 0.3) is 0 Å². The number of rotatable bonds is 14. The molecule has 9 heteroatoms. The fourth-order valence-electron chi connectivity index (χ4n) is 5.52. The highest BCUT2D eigenvalue weighted by molar-refractivity contribution is 6.04. The summed E-state index contributed by atoms with van der Waals surface area (Å²) in [6.45, 7) is 3.98. The van der Waals surface area contributed by atoms with Crippen LogP contribution in [-0.2, 0) is 23.2 Å². The fraction of sp³-hybridized carbons (Fsp3) is 0.361. The van der Waals surface area contributed by atoms with Gasteiger partial charge in [0.15, 0.2) is 5.82 Å². The second kappa shape index (κ2) is 13.6. The molecule has 0 radical (unpaired) electrons. The van der Waals surface area contributed by atoms with Gasteiger partial charge in [0.2, 0.25) is 5.91 Å². The Morgan fingerprint density at radius 2 is 1.71 bits per heavy atom. The number of ether oxygens (including phenoxy) is 3. The lowest BCUT2D eigenvalue weighted by atomic mass is 9.70. The minimum Gasteiger partial charge on any atom is -0.493 e. The number of benzene rings is 3. The number of hydrogen-bond donors (Lipinski definition) is 1. The van der Waals surface area contributed by atoms with Crippen LogP contribution in [0.1, 0.15) is 54.9 Å². The summed E-state index contributed by atoms with van der Waals surface area (Å²) in [7, 11) is 1.79. The molecule has 2 aliphatic carbocycles. The van der Waals surface area contributed by atoms with E-state index in [1.165, 1.54) is 12.8 Å². The molecule has 0 bridgehead atoms. The lowest BCUT2D eigenvalue weighted by Crippen LogP contribution is -2.40. The smallest absolute Gasteiger partial charge is 0.257 e. The van der Waals surface area contributed by atoms with Gasteiger partial charge in [0.05, 0.1) is 19.8 Å². The average Bonchev–Trinajstić information content (AvgIpc) is 3.76. The predicted octanol–water partition coefficient (Wildman–Crippen LogP) is 6.99. The number of hydrogen-bond acceptors (Lipinski definition) is 6. The van der Waals surface area contributed by atoms with Gasteiger partial charge in [-0.05, 0) is 73.6 Å². The second-order valence-electron chi connectivity index (χ2n) is 12.3. The largest absolute Gasteiger partial charge is 0.493 e.